The molecule has 0 bridgehead atoms. The number of carbonyl (C=O) groups excluding carboxylic acids is 1. The maximum absolute atomic E-state index is 12.9. The quantitative estimate of drug-likeness (QED) is 0.615. The van der Waals surface area contributed by atoms with E-state index in [1.54, 1.807) is 0 Å². The fourth-order valence-corrected chi connectivity index (χ4v) is 1.54. The fourth-order valence-electron chi connectivity index (χ4n) is 1.54. The zero-order valence-electron chi connectivity index (χ0n) is 10.2. The van der Waals surface area contributed by atoms with Crippen LogP contribution < -0.4 is 5.32 Å². The van der Waals surface area contributed by atoms with Crippen molar-refractivity contribution in [1.29, 1.82) is 0 Å². The third kappa shape index (κ3) is 4.05. The summed E-state index contributed by atoms with van der Waals surface area (Å²) in [6.07, 6.45) is 3.96. The molecule has 0 radical (unpaired) electrons. The van der Waals surface area contributed by atoms with Gasteiger partial charge >= 0.3 is 0 Å². The molecule has 0 heterocycles. The smallest absolute Gasteiger partial charge is 0.251 e. The Kier molecular flexibility index (Phi) is 5.68. The molecule has 0 atom stereocenters. The Morgan fingerprint density at radius 1 is 1.11 bits per heavy atom. The highest BCUT2D eigenvalue weighted by Gasteiger charge is 2.14. The Hall–Kier alpha value is -1.52. The molecule has 0 unspecified atom stereocenters. The van der Waals surface area contributed by atoms with E-state index in [9.17, 15) is 18.0 Å². The fraction of sp³-hybridized carbons (Fsp3) is 0.462. The molecule has 0 spiro atoms. The van der Waals surface area contributed by atoms with Crippen LogP contribution in [-0.4, -0.2) is 12.5 Å². The molecule has 1 aromatic carbocycles. The summed E-state index contributed by atoms with van der Waals surface area (Å²) in [5.74, 6) is -4.86. The van der Waals surface area contributed by atoms with Gasteiger partial charge < -0.3 is 5.32 Å². The van der Waals surface area contributed by atoms with E-state index in [0.29, 0.717) is 18.7 Å². The molecule has 2 nitrogen and oxygen atoms in total. The zero-order chi connectivity index (χ0) is 13.5. The number of unbranched alkanes of at least 4 members (excludes halogenated alkanes) is 3. The lowest BCUT2D eigenvalue weighted by atomic mass is 10.1. The summed E-state index contributed by atoms with van der Waals surface area (Å²) in [7, 11) is 0. The van der Waals surface area contributed by atoms with E-state index in [4.69, 9.17) is 0 Å². The number of halogens is 3. The number of hydrogen-bond acceptors (Lipinski definition) is 1. The lowest BCUT2D eigenvalue weighted by Crippen LogP contribution is -2.24. The van der Waals surface area contributed by atoms with Crippen molar-refractivity contribution in [3.05, 3.63) is 35.1 Å². The van der Waals surface area contributed by atoms with Gasteiger partial charge in [-0.15, -0.1) is 0 Å². The number of carbonyl (C=O) groups is 1. The Morgan fingerprint density at radius 2 is 1.72 bits per heavy atom. The topological polar surface area (TPSA) is 29.1 Å². The van der Waals surface area contributed by atoms with Gasteiger partial charge in [0, 0.05) is 12.1 Å². The van der Waals surface area contributed by atoms with E-state index in [2.05, 4.69) is 12.2 Å². The van der Waals surface area contributed by atoms with Crippen LogP contribution >= 0.6 is 0 Å². The van der Waals surface area contributed by atoms with Gasteiger partial charge in [-0.1, -0.05) is 26.2 Å². The monoisotopic (exact) mass is 259 g/mol. The molecule has 100 valence electrons. The summed E-state index contributed by atoms with van der Waals surface area (Å²) >= 11 is 0. The number of hydrogen-bond donors (Lipinski definition) is 1. The van der Waals surface area contributed by atoms with Crippen molar-refractivity contribution in [2.75, 3.05) is 6.54 Å². The van der Waals surface area contributed by atoms with Crippen LogP contribution in [0.2, 0.25) is 0 Å². The van der Waals surface area contributed by atoms with Crippen molar-refractivity contribution in [2.45, 2.75) is 32.6 Å². The van der Waals surface area contributed by atoms with Gasteiger partial charge in [-0.3, -0.25) is 4.79 Å². The minimum atomic E-state index is -1.56. The number of amides is 1. The molecular formula is C13H16F3NO. The first-order chi connectivity index (χ1) is 8.56. The Morgan fingerprint density at radius 3 is 2.28 bits per heavy atom. The lowest BCUT2D eigenvalue weighted by molar-refractivity contribution is 0.0951. The molecule has 1 aromatic rings. The molecule has 18 heavy (non-hydrogen) atoms. The van der Waals surface area contributed by atoms with E-state index in [0.717, 1.165) is 25.7 Å². The van der Waals surface area contributed by atoms with E-state index in [-0.39, 0.29) is 5.56 Å². The molecule has 0 fully saturated rings. The molecule has 1 rings (SSSR count). The van der Waals surface area contributed by atoms with Crippen LogP contribution in [0.25, 0.3) is 0 Å². The zero-order valence-corrected chi connectivity index (χ0v) is 10.2. The number of rotatable bonds is 6. The maximum atomic E-state index is 12.9. The van der Waals surface area contributed by atoms with Gasteiger partial charge in [0.2, 0.25) is 0 Å². The standard InChI is InChI=1S/C13H16F3NO/c1-2-3-4-5-6-17-13(18)9-7-10(14)12(16)11(15)8-9/h7-8H,2-6H2,1H3,(H,17,18). The maximum Gasteiger partial charge on any atom is 0.251 e. The average molecular weight is 259 g/mol. The van der Waals surface area contributed by atoms with Gasteiger partial charge in [0.15, 0.2) is 17.5 Å². The highest BCUT2D eigenvalue weighted by Crippen LogP contribution is 2.13. The molecule has 0 aliphatic heterocycles. The Bertz CT molecular complexity index is 398. The molecule has 5 heteroatoms. The first-order valence-electron chi connectivity index (χ1n) is 5.99. The summed E-state index contributed by atoms with van der Waals surface area (Å²) in [6.45, 7) is 2.52. The predicted octanol–water partition coefficient (Wildman–Crippen LogP) is 3.41. The average Bonchev–Trinajstić information content (AvgIpc) is 2.34. The molecule has 0 saturated heterocycles. The SMILES string of the molecule is CCCCCCNC(=O)c1cc(F)c(F)c(F)c1. The molecule has 0 aliphatic carbocycles. The highest BCUT2D eigenvalue weighted by atomic mass is 19.2. The third-order valence-electron chi connectivity index (χ3n) is 2.56. The molecular weight excluding hydrogens is 243 g/mol. The third-order valence-corrected chi connectivity index (χ3v) is 2.56. The summed E-state index contributed by atoms with van der Waals surface area (Å²) in [5, 5.41) is 2.54. The van der Waals surface area contributed by atoms with Crippen molar-refractivity contribution in [3.8, 4) is 0 Å². The van der Waals surface area contributed by atoms with Crippen molar-refractivity contribution < 1.29 is 18.0 Å². The number of benzene rings is 1. The Labute approximate surface area is 104 Å². The minimum Gasteiger partial charge on any atom is -0.352 e. The van der Waals surface area contributed by atoms with Crippen LogP contribution in [0.15, 0.2) is 12.1 Å². The second-order valence-corrected chi connectivity index (χ2v) is 4.07. The second kappa shape index (κ2) is 7.03. The van der Waals surface area contributed by atoms with Crippen LogP contribution in [0, 0.1) is 17.5 Å². The molecule has 1 N–H and O–H groups in total. The van der Waals surface area contributed by atoms with Crippen molar-refractivity contribution in [1.82, 2.24) is 5.32 Å². The van der Waals surface area contributed by atoms with E-state index >= 15 is 0 Å². The molecule has 1 amide bonds. The first kappa shape index (κ1) is 14.5. The van der Waals surface area contributed by atoms with Crippen molar-refractivity contribution in [2.24, 2.45) is 0 Å². The van der Waals surface area contributed by atoms with Crippen LogP contribution in [-0.2, 0) is 0 Å². The summed E-state index contributed by atoms with van der Waals surface area (Å²) in [5.41, 5.74) is -0.207. The van der Waals surface area contributed by atoms with Crippen molar-refractivity contribution in [3.63, 3.8) is 0 Å². The summed E-state index contributed by atoms with van der Waals surface area (Å²) < 4.78 is 38.5. The second-order valence-electron chi connectivity index (χ2n) is 4.07. The van der Waals surface area contributed by atoms with Gasteiger partial charge in [-0.2, -0.15) is 0 Å². The van der Waals surface area contributed by atoms with E-state index in [1.807, 2.05) is 0 Å². The molecule has 0 aliphatic rings. The predicted molar refractivity (Wildman–Crippen MR) is 62.8 cm³/mol. The van der Waals surface area contributed by atoms with Crippen LogP contribution in [0.1, 0.15) is 43.0 Å². The Balaban J connectivity index is 2.52. The normalized spacial score (nSPS) is 10.4. The van der Waals surface area contributed by atoms with Gasteiger partial charge in [-0.25, -0.2) is 13.2 Å². The van der Waals surface area contributed by atoms with Crippen LogP contribution in [0.5, 0.6) is 0 Å². The minimum absolute atomic E-state index is 0.207. The van der Waals surface area contributed by atoms with Gasteiger partial charge in [0.05, 0.1) is 0 Å². The number of nitrogens with one attached hydrogen (secondary N) is 1. The summed E-state index contributed by atoms with van der Waals surface area (Å²) in [6, 6.07) is 1.39. The van der Waals surface area contributed by atoms with Gasteiger partial charge in [0.25, 0.3) is 5.91 Å². The molecule has 0 aromatic heterocycles. The van der Waals surface area contributed by atoms with Crippen LogP contribution in [0.4, 0.5) is 13.2 Å². The van der Waals surface area contributed by atoms with Gasteiger partial charge in [-0.05, 0) is 18.6 Å². The highest BCUT2D eigenvalue weighted by molar-refractivity contribution is 5.94. The van der Waals surface area contributed by atoms with E-state index in [1.165, 1.54) is 0 Å². The van der Waals surface area contributed by atoms with Crippen molar-refractivity contribution >= 4 is 5.91 Å². The van der Waals surface area contributed by atoms with Gasteiger partial charge in [0.1, 0.15) is 0 Å². The van der Waals surface area contributed by atoms with E-state index < -0.39 is 23.4 Å². The largest absolute Gasteiger partial charge is 0.352 e. The molecule has 0 saturated carbocycles. The summed E-state index contributed by atoms with van der Waals surface area (Å²) in [4.78, 5) is 11.5. The first-order valence-corrected chi connectivity index (χ1v) is 5.99. The lowest BCUT2D eigenvalue weighted by Gasteiger charge is -2.05. The van der Waals surface area contributed by atoms with Crippen LogP contribution in [0.3, 0.4) is 0 Å².